The molecule has 5 rings (SSSR count). The van der Waals surface area contributed by atoms with Gasteiger partial charge >= 0.3 is 23.9 Å². The molecule has 0 radical (unpaired) electrons. The number of amides is 5. The quantitative estimate of drug-likeness (QED) is 0.0284. The number of methoxy groups -OCH3 is 2. The summed E-state index contributed by atoms with van der Waals surface area (Å²) in [6, 6.07) is 1.06. The largest absolute Gasteiger partial charge is 0.495 e. The lowest BCUT2D eigenvalue weighted by atomic mass is 9.78. The van der Waals surface area contributed by atoms with E-state index in [-0.39, 0.29) is 91.7 Å². The summed E-state index contributed by atoms with van der Waals surface area (Å²) < 4.78 is 67.3. The maximum atomic E-state index is 16.2. The molecule has 2 fully saturated rings. The molecule has 0 unspecified atom stereocenters. The van der Waals surface area contributed by atoms with Gasteiger partial charge in [0.1, 0.15) is 63.7 Å². The van der Waals surface area contributed by atoms with E-state index in [0.29, 0.717) is 56.2 Å². The van der Waals surface area contributed by atoms with Crippen molar-refractivity contribution in [1.29, 1.82) is 0 Å². The van der Waals surface area contributed by atoms with Gasteiger partial charge in [-0.3, -0.25) is 33.6 Å². The van der Waals surface area contributed by atoms with Crippen LogP contribution in [0.1, 0.15) is 154 Å². The summed E-state index contributed by atoms with van der Waals surface area (Å²) in [6.07, 6.45) is 2.87. The Kier molecular flexibility index (Phi) is 26.9. The van der Waals surface area contributed by atoms with Crippen LogP contribution >= 0.6 is 11.6 Å². The molecule has 21 nitrogen and oxygen atoms in total. The van der Waals surface area contributed by atoms with E-state index in [9.17, 15) is 48.3 Å². The molecule has 0 aromatic heterocycles. The number of nitrogens with one attached hydrogen (secondary N) is 2. The van der Waals surface area contributed by atoms with Crippen molar-refractivity contribution in [1.82, 2.24) is 15.5 Å². The van der Waals surface area contributed by atoms with E-state index in [0.717, 1.165) is 17.5 Å². The topological polar surface area (TPSA) is 289 Å². The maximum Gasteiger partial charge on any atom is 0.328 e. The third kappa shape index (κ3) is 19.4. The van der Waals surface area contributed by atoms with Crippen molar-refractivity contribution in [2.75, 3.05) is 46.4 Å². The SMILES string of the molecule is CCC(CC)C(=O)OCCCCCC(=O)C[C@H](C(=O)N[C@@H](CCCNC(N)=O)C(=O)Cc1cc(F)c(C(=O)N(C)[C@@H](C)C(=O)O[C@H]2CC(=O)N(C)c3cc(cc(OC)c3Cl)C/C(C)=C/C=C/[C@@H](OC)[C@]3(O)CC(=O)O[C@@H](C3)[C@@H](C)[C@@H]3O[C@@]23C)cc1F)C(C)C. The summed E-state index contributed by atoms with van der Waals surface area (Å²) in [5, 5.41) is 17.2. The molecular weight excluding hydrogens is 1180 g/mol. The van der Waals surface area contributed by atoms with Gasteiger partial charge in [0.05, 0.1) is 55.9 Å². The van der Waals surface area contributed by atoms with Crippen LogP contribution in [0, 0.1) is 35.3 Å². The monoisotopic (exact) mass is 1270 g/mol. The molecule has 0 aliphatic carbocycles. The number of carbonyl (C=O) groups excluding carboxylic acids is 9. The van der Waals surface area contributed by atoms with Crippen molar-refractivity contribution in [3.63, 3.8) is 0 Å². The fraction of sp³-hybridized carbons (Fsp3) is 0.615. The third-order valence-corrected chi connectivity index (χ3v) is 17.7. The second-order valence-electron chi connectivity index (χ2n) is 24.3. The molecule has 5 N–H and O–H groups in total. The highest BCUT2D eigenvalue weighted by molar-refractivity contribution is 6.35. The zero-order valence-electron chi connectivity index (χ0n) is 53.3. The summed E-state index contributed by atoms with van der Waals surface area (Å²) >= 11 is 6.83. The fourth-order valence-corrected chi connectivity index (χ4v) is 11.7. The number of fused-ring (bicyclic) bond motifs is 5. The number of ketones is 2. The minimum absolute atomic E-state index is 0.0119. The molecule has 10 atom stereocenters. The first-order valence-corrected chi connectivity index (χ1v) is 30.9. The molecule has 3 aliphatic rings. The number of epoxide rings is 1. The fourth-order valence-electron chi connectivity index (χ4n) is 11.4. The highest BCUT2D eigenvalue weighted by Crippen LogP contribution is 2.50. The van der Waals surface area contributed by atoms with Crippen molar-refractivity contribution in [3.8, 4) is 5.75 Å². The number of primary amides is 1. The lowest BCUT2D eigenvalue weighted by Gasteiger charge is -2.41. The number of urea groups is 1. The van der Waals surface area contributed by atoms with E-state index < -0.39 is 137 Å². The number of nitrogens with two attached hydrogens (primary N) is 1. The number of hydrogen-bond donors (Lipinski definition) is 4. The molecule has 0 saturated carbocycles. The highest BCUT2D eigenvalue weighted by atomic mass is 35.5. The summed E-state index contributed by atoms with van der Waals surface area (Å²) in [7, 11) is 5.48. The average molecular weight is 1270 g/mol. The van der Waals surface area contributed by atoms with Gasteiger partial charge in [-0.15, -0.1) is 0 Å². The van der Waals surface area contributed by atoms with Crippen LogP contribution in [0.25, 0.3) is 0 Å². The molecule has 89 heavy (non-hydrogen) atoms. The Morgan fingerprint density at radius 1 is 0.978 bits per heavy atom. The van der Waals surface area contributed by atoms with Crippen molar-refractivity contribution < 1.29 is 85.5 Å². The molecule has 5 amide bonds. The van der Waals surface area contributed by atoms with E-state index in [1.165, 1.54) is 33.1 Å². The first kappa shape index (κ1) is 72.9. The van der Waals surface area contributed by atoms with Gasteiger partial charge in [-0.05, 0) is 113 Å². The smallest absolute Gasteiger partial charge is 0.328 e. The predicted molar refractivity (Wildman–Crippen MR) is 327 cm³/mol. The molecule has 2 saturated heterocycles. The zero-order valence-corrected chi connectivity index (χ0v) is 54.1. The van der Waals surface area contributed by atoms with Crippen molar-refractivity contribution in [3.05, 3.63) is 81.4 Å². The third-order valence-electron chi connectivity index (χ3n) is 17.4. The van der Waals surface area contributed by atoms with Gasteiger partial charge in [0.25, 0.3) is 5.91 Å². The molecule has 24 heteroatoms. The van der Waals surface area contributed by atoms with E-state index in [4.69, 9.17) is 45.8 Å². The number of Topliss-reactive ketones (excluding diaryl/α,β-unsaturated/α-hetero) is 2. The molecule has 492 valence electrons. The van der Waals surface area contributed by atoms with Crippen LogP contribution < -0.4 is 26.0 Å². The van der Waals surface area contributed by atoms with Crippen molar-refractivity contribution in [2.24, 2.45) is 29.4 Å². The minimum atomic E-state index is -1.71. The number of benzene rings is 2. The van der Waals surface area contributed by atoms with E-state index in [1.54, 1.807) is 52.0 Å². The van der Waals surface area contributed by atoms with Gasteiger partial charge in [0, 0.05) is 65.3 Å². The van der Waals surface area contributed by atoms with Crippen molar-refractivity contribution >= 4 is 70.5 Å². The Morgan fingerprint density at radius 2 is 1.67 bits per heavy atom. The lowest BCUT2D eigenvalue weighted by Crippen LogP contribution is -2.53. The number of anilines is 1. The molecule has 0 spiro atoms. The van der Waals surface area contributed by atoms with Gasteiger partial charge in [-0.2, -0.15) is 0 Å². The van der Waals surface area contributed by atoms with Crippen LogP contribution in [-0.4, -0.2) is 152 Å². The maximum absolute atomic E-state index is 16.2. The number of nitrogens with zero attached hydrogens (tertiary/aromatic N) is 2. The number of ether oxygens (including phenoxy) is 6. The number of likely N-dealkylation sites (N-methyl/N-ethyl adjacent to an activating group) is 1. The van der Waals surface area contributed by atoms with E-state index >= 15 is 8.78 Å². The Balaban J connectivity index is 1.34. The first-order valence-electron chi connectivity index (χ1n) is 30.5. The Hall–Kier alpha value is -6.82. The number of halogens is 3. The normalized spacial score (nSPS) is 24.0. The van der Waals surface area contributed by atoms with E-state index in [1.807, 2.05) is 26.8 Å². The Labute approximate surface area is 525 Å². The summed E-state index contributed by atoms with van der Waals surface area (Å²) in [4.78, 5) is 123. The minimum Gasteiger partial charge on any atom is -0.495 e. The summed E-state index contributed by atoms with van der Waals surface area (Å²) in [6.45, 7) is 14.1. The molecular formula is C65H90ClF2N5O16. The second kappa shape index (κ2) is 32.8. The van der Waals surface area contributed by atoms with Gasteiger partial charge in [-0.25, -0.2) is 18.4 Å². The summed E-state index contributed by atoms with van der Waals surface area (Å²) in [5.41, 5.74) is 2.64. The number of allylic oxidation sites excluding steroid dienone is 3. The Morgan fingerprint density at radius 3 is 2.31 bits per heavy atom. The van der Waals surface area contributed by atoms with Gasteiger partial charge < -0.3 is 59.7 Å². The lowest BCUT2D eigenvalue weighted by molar-refractivity contribution is -0.187. The second-order valence-corrected chi connectivity index (χ2v) is 24.7. The molecule has 3 aliphatic heterocycles. The number of aliphatic hydroxyl groups is 1. The zero-order chi connectivity index (χ0) is 66.2. The van der Waals surface area contributed by atoms with Gasteiger partial charge in [-0.1, -0.05) is 70.0 Å². The number of unbranched alkanes of at least 4 members (excludes halogenated alkanes) is 2. The number of carbonyl (C=O) groups is 9. The predicted octanol–water partition coefficient (Wildman–Crippen LogP) is 8.17. The first-order chi connectivity index (χ1) is 41.9. The van der Waals surface area contributed by atoms with Crippen LogP contribution in [0.3, 0.4) is 0 Å². The molecule has 2 aromatic rings. The number of hydrogen-bond acceptors (Lipinski definition) is 16. The van der Waals surface area contributed by atoms with Crippen LogP contribution in [-0.2, 0) is 70.1 Å². The van der Waals surface area contributed by atoms with Gasteiger partial charge in [0.2, 0.25) is 11.8 Å². The average Bonchev–Trinajstić information content (AvgIpc) is 1.59. The molecule has 4 bridgehead atoms. The van der Waals surface area contributed by atoms with Crippen LogP contribution in [0.2, 0.25) is 5.02 Å². The number of rotatable bonds is 27. The van der Waals surface area contributed by atoms with E-state index in [2.05, 4.69) is 10.6 Å². The van der Waals surface area contributed by atoms with Crippen LogP contribution in [0.4, 0.5) is 19.3 Å². The summed E-state index contributed by atoms with van der Waals surface area (Å²) in [5.74, 6) is -9.50. The highest BCUT2D eigenvalue weighted by Gasteiger charge is 2.64. The van der Waals surface area contributed by atoms with Crippen molar-refractivity contribution in [2.45, 2.75) is 193 Å². The molecule has 3 heterocycles. The van der Waals surface area contributed by atoms with Gasteiger partial charge in [0.15, 0.2) is 5.78 Å². The standard InChI is InChI=1S/C65H90ClF2N5O16/c1-13-41(14-2)62(81)86-25-17-15-16-21-43(74)31-44(36(3)4)59(78)71-48(22-19-24-70-63(69)82)50(75)30-42-29-47(68)45(32-46(42)67)60(79)72(9)39(7)61(80)88-54-33-55(76)73(10)49-27-40(28-51(84-11)57(49)66)26-37(5)20-18-23-53(85-12)65(83)34-52(87-56(77)35-65)38(6)58-64(54,8)89-58/h18,20,23,27-29,32,36,38-39,41,44,48,52-54,58,83H,13-17,19,21-22,24-26,30-31,33-35H2,1-12H3,(H,71,78)(H3,69,70,82)/b23-18+,37-20+/t38-,39+,44+,48+,52+,53-,54+,58+,64+,65-/m1/s1. The van der Waals surface area contributed by atoms with Crippen LogP contribution in [0.5, 0.6) is 5.75 Å². The molecule has 2 aromatic carbocycles. The van der Waals surface area contributed by atoms with Crippen LogP contribution in [0.15, 0.2) is 48.1 Å². The number of esters is 3. The Bertz CT molecular complexity index is 2970.